The summed E-state index contributed by atoms with van der Waals surface area (Å²) in [4.78, 5) is 0. The Labute approximate surface area is 67.7 Å². The largest absolute Gasteiger partial charge is 0.376 e. The quantitative estimate of drug-likeness (QED) is 0.515. The van der Waals surface area contributed by atoms with Gasteiger partial charge in [0.2, 0.25) is 0 Å². The summed E-state index contributed by atoms with van der Waals surface area (Å²) in [5.41, 5.74) is 3.26. The van der Waals surface area contributed by atoms with Gasteiger partial charge >= 0.3 is 0 Å². The second kappa shape index (κ2) is 2.21. The third-order valence-corrected chi connectivity index (χ3v) is 2.81. The van der Waals surface area contributed by atoms with E-state index >= 15 is 0 Å². The van der Waals surface area contributed by atoms with Gasteiger partial charge < -0.3 is 4.74 Å². The van der Waals surface area contributed by atoms with E-state index < -0.39 is 0 Å². The maximum absolute atomic E-state index is 5.47. The molecule has 0 N–H and O–H groups in total. The average Bonchev–Trinajstić information content (AvgIpc) is 2.31. The molecule has 0 spiro atoms. The van der Waals surface area contributed by atoms with Crippen LogP contribution in [-0.4, -0.2) is 13.2 Å². The predicted octanol–water partition coefficient (Wildman–Crippen LogP) is 2.30. The van der Waals surface area contributed by atoms with E-state index in [0.717, 1.165) is 19.6 Å². The average molecular weight is 150 g/mol. The lowest BCUT2D eigenvalue weighted by atomic mass is 9.77. The van der Waals surface area contributed by atoms with Crippen LogP contribution in [0.3, 0.4) is 0 Å². The molecule has 0 aromatic heterocycles. The maximum Gasteiger partial charge on any atom is 0.0689 e. The van der Waals surface area contributed by atoms with Gasteiger partial charge in [0, 0.05) is 5.41 Å². The minimum atomic E-state index is 0.332. The van der Waals surface area contributed by atoms with Crippen molar-refractivity contribution in [1.82, 2.24) is 0 Å². The van der Waals surface area contributed by atoms with Crippen LogP contribution in [-0.2, 0) is 4.74 Å². The van der Waals surface area contributed by atoms with Crippen molar-refractivity contribution >= 4 is 0 Å². The summed E-state index contributed by atoms with van der Waals surface area (Å²) in [6, 6.07) is 0. The molecule has 60 valence electrons. The van der Waals surface area contributed by atoms with Gasteiger partial charge in [0.15, 0.2) is 0 Å². The summed E-state index contributed by atoms with van der Waals surface area (Å²) in [5, 5.41) is 0. The SMILES string of the molecule is CC1=C2COCC2(C)CC=C1. The Bertz CT molecular complexity index is 237. The molecule has 1 atom stereocenters. The van der Waals surface area contributed by atoms with Gasteiger partial charge in [-0.25, -0.2) is 0 Å². The number of ether oxygens (including phenoxy) is 1. The van der Waals surface area contributed by atoms with Crippen LogP contribution in [0.25, 0.3) is 0 Å². The van der Waals surface area contributed by atoms with E-state index in [1.165, 1.54) is 11.1 Å². The van der Waals surface area contributed by atoms with Gasteiger partial charge in [0.05, 0.1) is 13.2 Å². The van der Waals surface area contributed by atoms with Crippen LogP contribution >= 0.6 is 0 Å². The number of allylic oxidation sites excluding steroid dienone is 3. The first-order chi connectivity index (χ1) is 5.22. The molecule has 1 heterocycles. The third kappa shape index (κ3) is 0.951. The number of hydrogen-bond donors (Lipinski definition) is 0. The summed E-state index contributed by atoms with van der Waals surface area (Å²) in [6.07, 6.45) is 5.62. The van der Waals surface area contributed by atoms with Gasteiger partial charge in [0.1, 0.15) is 0 Å². The summed E-state index contributed by atoms with van der Waals surface area (Å²) < 4.78 is 5.47. The van der Waals surface area contributed by atoms with Crippen molar-refractivity contribution in [3.05, 3.63) is 23.3 Å². The van der Waals surface area contributed by atoms with Gasteiger partial charge in [0.25, 0.3) is 0 Å². The van der Waals surface area contributed by atoms with Crippen LogP contribution < -0.4 is 0 Å². The monoisotopic (exact) mass is 150 g/mol. The van der Waals surface area contributed by atoms with Gasteiger partial charge in [-0.3, -0.25) is 0 Å². The maximum atomic E-state index is 5.47. The first kappa shape index (κ1) is 7.11. The second-order valence-corrected chi connectivity index (χ2v) is 3.82. The smallest absolute Gasteiger partial charge is 0.0689 e. The first-order valence-corrected chi connectivity index (χ1v) is 4.17. The lowest BCUT2D eigenvalue weighted by Crippen LogP contribution is -2.20. The van der Waals surface area contributed by atoms with E-state index in [4.69, 9.17) is 4.74 Å². The zero-order valence-electron chi connectivity index (χ0n) is 7.18. The molecule has 1 fully saturated rings. The Morgan fingerprint density at radius 3 is 3.09 bits per heavy atom. The topological polar surface area (TPSA) is 9.23 Å². The molecule has 0 bridgehead atoms. The van der Waals surface area contributed by atoms with Crippen LogP contribution in [0.4, 0.5) is 0 Å². The lowest BCUT2D eigenvalue weighted by molar-refractivity contribution is 0.160. The van der Waals surface area contributed by atoms with Crippen molar-refractivity contribution in [1.29, 1.82) is 0 Å². The fourth-order valence-electron chi connectivity index (χ4n) is 2.01. The highest BCUT2D eigenvalue weighted by atomic mass is 16.5. The van der Waals surface area contributed by atoms with E-state index in [2.05, 4.69) is 26.0 Å². The molecule has 1 saturated heterocycles. The number of hydrogen-bond acceptors (Lipinski definition) is 1. The van der Waals surface area contributed by atoms with Crippen molar-refractivity contribution in [3.63, 3.8) is 0 Å². The van der Waals surface area contributed by atoms with Crippen molar-refractivity contribution in [2.24, 2.45) is 5.41 Å². The fraction of sp³-hybridized carbons (Fsp3) is 0.600. The van der Waals surface area contributed by atoms with Gasteiger partial charge in [-0.05, 0) is 24.5 Å². The number of fused-ring (bicyclic) bond motifs is 1. The highest BCUT2D eigenvalue weighted by Gasteiger charge is 2.35. The molecule has 0 saturated carbocycles. The zero-order valence-corrected chi connectivity index (χ0v) is 7.18. The van der Waals surface area contributed by atoms with Gasteiger partial charge in [-0.15, -0.1) is 0 Å². The molecule has 1 nitrogen and oxygen atoms in total. The van der Waals surface area contributed by atoms with E-state index in [-0.39, 0.29) is 0 Å². The standard InChI is InChI=1S/C10H14O/c1-8-4-3-5-10(2)7-11-6-9(8)10/h3-4H,5-7H2,1-2H3. The summed E-state index contributed by atoms with van der Waals surface area (Å²) in [5.74, 6) is 0. The minimum absolute atomic E-state index is 0.332. The van der Waals surface area contributed by atoms with Crippen LogP contribution in [0.15, 0.2) is 23.3 Å². The van der Waals surface area contributed by atoms with E-state index in [1.54, 1.807) is 0 Å². The Balaban J connectivity index is 2.43. The van der Waals surface area contributed by atoms with Crippen molar-refractivity contribution in [3.8, 4) is 0 Å². The summed E-state index contributed by atoms with van der Waals surface area (Å²) >= 11 is 0. The van der Waals surface area contributed by atoms with Gasteiger partial charge in [-0.1, -0.05) is 19.1 Å². The molecule has 0 radical (unpaired) electrons. The molecule has 1 heteroatoms. The van der Waals surface area contributed by atoms with E-state index in [1.807, 2.05) is 0 Å². The molecular weight excluding hydrogens is 136 g/mol. The van der Waals surface area contributed by atoms with E-state index in [9.17, 15) is 0 Å². The molecule has 2 rings (SSSR count). The molecular formula is C10H14O. The molecule has 0 aromatic rings. The molecule has 0 aromatic carbocycles. The highest BCUT2D eigenvalue weighted by molar-refractivity contribution is 5.35. The number of rotatable bonds is 0. The normalized spacial score (nSPS) is 36.2. The Hall–Kier alpha value is -0.560. The highest BCUT2D eigenvalue weighted by Crippen LogP contribution is 2.41. The Morgan fingerprint density at radius 1 is 1.55 bits per heavy atom. The predicted molar refractivity (Wildman–Crippen MR) is 45.4 cm³/mol. The van der Waals surface area contributed by atoms with Crippen LogP contribution in [0.1, 0.15) is 20.3 Å². The zero-order chi connectivity index (χ0) is 7.90. The fourth-order valence-corrected chi connectivity index (χ4v) is 2.01. The first-order valence-electron chi connectivity index (χ1n) is 4.17. The molecule has 0 amide bonds. The molecule has 2 aliphatic rings. The Kier molecular flexibility index (Phi) is 1.43. The molecule has 11 heavy (non-hydrogen) atoms. The molecule has 1 aliphatic carbocycles. The lowest BCUT2D eigenvalue weighted by Gasteiger charge is -2.26. The van der Waals surface area contributed by atoms with Crippen molar-refractivity contribution in [2.45, 2.75) is 20.3 Å². The molecule has 1 unspecified atom stereocenters. The Morgan fingerprint density at radius 2 is 2.36 bits per heavy atom. The minimum Gasteiger partial charge on any atom is -0.376 e. The van der Waals surface area contributed by atoms with Crippen LogP contribution in [0, 0.1) is 5.41 Å². The van der Waals surface area contributed by atoms with Crippen molar-refractivity contribution in [2.75, 3.05) is 13.2 Å². The third-order valence-electron chi connectivity index (χ3n) is 2.81. The summed E-state index contributed by atoms with van der Waals surface area (Å²) in [6.45, 7) is 6.23. The van der Waals surface area contributed by atoms with Crippen LogP contribution in [0.5, 0.6) is 0 Å². The molecule has 1 aliphatic heterocycles. The van der Waals surface area contributed by atoms with Crippen LogP contribution in [0.2, 0.25) is 0 Å². The van der Waals surface area contributed by atoms with Gasteiger partial charge in [-0.2, -0.15) is 0 Å². The second-order valence-electron chi connectivity index (χ2n) is 3.82. The van der Waals surface area contributed by atoms with Crippen molar-refractivity contribution < 1.29 is 4.74 Å². The van der Waals surface area contributed by atoms with E-state index in [0.29, 0.717) is 5.41 Å². The summed E-state index contributed by atoms with van der Waals surface area (Å²) in [7, 11) is 0.